The van der Waals surface area contributed by atoms with E-state index >= 15 is 0 Å². The summed E-state index contributed by atoms with van der Waals surface area (Å²) in [5.41, 5.74) is 5.58. The predicted molar refractivity (Wildman–Crippen MR) is 69.8 cm³/mol. The van der Waals surface area contributed by atoms with Crippen LogP contribution in [0.15, 0.2) is 35.4 Å². The second kappa shape index (κ2) is 5.30. The van der Waals surface area contributed by atoms with Gasteiger partial charge in [-0.15, -0.1) is 0 Å². The molecule has 0 aliphatic carbocycles. The van der Waals surface area contributed by atoms with Gasteiger partial charge in [-0.25, -0.2) is 5.43 Å². The molecular formula is C13H15N3O. The first-order chi connectivity index (χ1) is 8.28. The first kappa shape index (κ1) is 11.4. The zero-order valence-electron chi connectivity index (χ0n) is 9.73. The summed E-state index contributed by atoms with van der Waals surface area (Å²) < 4.78 is 0. The molecule has 0 aromatic heterocycles. The van der Waals surface area contributed by atoms with E-state index in [2.05, 4.69) is 15.8 Å². The van der Waals surface area contributed by atoms with E-state index in [4.69, 9.17) is 0 Å². The van der Waals surface area contributed by atoms with Crippen LogP contribution in [0.2, 0.25) is 0 Å². The third-order valence-corrected chi connectivity index (χ3v) is 2.60. The Hall–Kier alpha value is -2.10. The second-order valence-electron chi connectivity index (χ2n) is 3.84. The molecular weight excluding hydrogens is 214 g/mol. The largest absolute Gasteiger partial charge is 0.388 e. The van der Waals surface area contributed by atoms with Crippen molar-refractivity contribution < 1.29 is 4.79 Å². The molecule has 1 heterocycles. The van der Waals surface area contributed by atoms with Gasteiger partial charge in [0, 0.05) is 25.6 Å². The monoisotopic (exact) mass is 229 g/mol. The van der Waals surface area contributed by atoms with Crippen molar-refractivity contribution in [1.29, 1.82) is 0 Å². The molecule has 2 N–H and O–H groups in total. The van der Waals surface area contributed by atoms with E-state index in [0.717, 1.165) is 17.0 Å². The van der Waals surface area contributed by atoms with Gasteiger partial charge in [-0.2, -0.15) is 5.10 Å². The minimum atomic E-state index is -0.0134. The highest BCUT2D eigenvalue weighted by atomic mass is 16.2. The van der Waals surface area contributed by atoms with E-state index in [1.165, 1.54) is 0 Å². The fourth-order valence-corrected chi connectivity index (χ4v) is 1.56. The van der Waals surface area contributed by atoms with Gasteiger partial charge in [-0.3, -0.25) is 4.79 Å². The third kappa shape index (κ3) is 3.17. The number of hydrogen-bond donors (Lipinski definition) is 2. The first-order valence-corrected chi connectivity index (χ1v) is 5.59. The van der Waals surface area contributed by atoms with E-state index in [-0.39, 0.29) is 5.91 Å². The molecule has 1 aliphatic heterocycles. The fourth-order valence-electron chi connectivity index (χ4n) is 1.56. The molecule has 0 radical (unpaired) electrons. The average molecular weight is 229 g/mol. The zero-order chi connectivity index (χ0) is 12.1. The van der Waals surface area contributed by atoms with Crippen molar-refractivity contribution in [2.24, 2.45) is 5.10 Å². The summed E-state index contributed by atoms with van der Waals surface area (Å²) in [6.45, 7) is 0. The molecule has 88 valence electrons. The SMILES string of the molecule is CNc1ccc(C=CC2=NNC(=O)CC2)cc1. The number of allylic oxidation sites excluding steroid dienone is 1. The van der Waals surface area contributed by atoms with Crippen molar-refractivity contribution in [2.45, 2.75) is 12.8 Å². The lowest BCUT2D eigenvalue weighted by atomic mass is 10.1. The van der Waals surface area contributed by atoms with Crippen LogP contribution in [0.25, 0.3) is 6.08 Å². The molecule has 0 saturated carbocycles. The molecule has 1 aromatic rings. The minimum Gasteiger partial charge on any atom is -0.388 e. The van der Waals surface area contributed by atoms with Crippen LogP contribution in [-0.2, 0) is 4.79 Å². The quantitative estimate of drug-likeness (QED) is 0.833. The Bertz CT molecular complexity index is 460. The molecule has 1 aliphatic rings. The molecule has 17 heavy (non-hydrogen) atoms. The van der Waals surface area contributed by atoms with Gasteiger partial charge in [-0.1, -0.05) is 18.2 Å². The summed E-state index contributed by atoms with van der Waals surface area (Å²) in [7, 11) is 1.89. The van der Waals surface area contributed by atoms with Crippen molar-refractivity contribution in [2.75, 3.05) is 12.4 Å². The number of nitrogens with one attached hydrogen (secondary N) is 2. The molecule has 1 aromatic carbocycles. The average Bonchev–Trinajstić information content (AvgIpc) is 2.39. The van der Waals surface area contributed by atoms with Crippen LogP contribution in [0, 0.1) is 0 Å². The van der Waals surface area contributed by atoms with Crippen molar-refractivity contribution in [3.8, 4) is 0 Å². The smallest absolute Gasteiger partial charge is 0.240 e. The van der Waals surface area contributed by atoms with Crippen LogP contribution < -0.4 is 10.7 Å². The van der Waals surface area contributed by atoms with Gasteiger partial charge in [0.05, 0.1) is 5.71 Å². The number of hydrazone groups is 1. The third-order valence-electron chi connectivity index (χ3n) is 2.60. The van der Waals surface area contributed by atoms with E-state index in [1.54, 1.807) is 0 Å². The normalized spacial score (nSPS) is 15.6. The number of carbonyl (C=O) groups excluding carboxylic acids is 1. The van der Waals surface area contributed by atoms with Gasteiger partial charge in [0.15, 0.2) is 0 Å². The van der Waals surface area contributed by atoms with Crippen LogP contribution >= 0.6 is 0 Å². The van der Waals surface area contributed by atoms with Crippen LogP contribution in [0.4, 0.5) is 5.69 Å². The Morgan fingerprint density at radius 3 is 2.59 bits per heavy atom. The highest BCUT2D eigenvalue weighted by Gasteiger charge is 2.08. The molecule has 0 unspecified atom stereocenters. The summed E-state index contributed by atoms with van der Waals surface area (Å²) in [6, 6.07) is 8.10. The van der Waals surface area contributed by atoms with Crippen LogP contribution in [0.3, 0.4) is 0 Å². The lowest BCUT2D eigenvalue weighted by Gasteiger charge is -2.08. The lowest BCUT2D eigenvalue weighted by molar-refractivity contribution is -0.121. The fraction of sp³-hybridized carbons (Fsp3) is 0.231. The van der Waals surface area contributed by atoms with Gasteiger partial charge < -0.3 is 5.32 Å². The second-order valence-corrected chi connectivity index (χ2v) is 3.84. The van der Waals surface area contributed by atoms with E-state index < -0.39 is 0 Å². The maximum Gasteiger partial charge on any atom is 0.240 e. The number of amides is 1. The van der Waals surface area contributed by atoms with Gasteiger partial charge in [0.2, 0.25) is 5.91 Å². The molecule has 0 spiro atoms. The Balaban J connectivity index is 2.02. The summed E-state index contributed by atoms with van der Waals surface area (Å²) >= 11 is 0. The molecule has 0 bridgehead atoms. The number of carbonyl (C=O) groups is 1. The maximum absolute atomic E-state index is 10.9. The van der Waals surface area contributed by atoms with Crippen LogP contribution in [-0.4, -0.2) is 18.7 Å². The Morgan fingerprint density at radius 1 is 1.24 bits per heavy atom. The maximum atomic E-state index is 10.9. The Labute approximate surface area is 100 Å². The topological polar surface area (TPSA) is 53.5 Å². The molecule has 4 nitrogen and oxygen atoms in total. The Morgan fingerprint density at radius 2 is 2.00 bits per heavy atom. The number of nitrogens with zero attached hydrogens (tertiary/aromatic N) is 1. The number of benzene rings is 1. The van der Waals surface area contributed by atoms with E-state index in [9.17, 15) is 4.79 Å². The summed E-state index contributed by atoms with van der Waals surface area (Å²) in [4.78, 5) is 10.9. The lowest BCUT2D eigenvalue weighted by Crippen LogP contribution is -2.24. The zero-order valence-corrected chi connectivity index (χ0v) is 9.73. The van der Waals surface area contributed by atoms with Crippen LogP contribution in [0.5, 0.6) is 0 Å². The molecule has 2 rings (SSSR count). The molecule has 0 atom stereocenters. The van der Waals surface area contributed by atoms with Gasteiger partial charge in [-0.05, 0) is 23.8 Å². The van der Waals surface area contributed by atoms with Crippen molar-refractivity contribution >= 4 is 23.4 Å². The Kier molecular flexibility index (Phi) is 3.55. The summed E-state index contributed by atoms with van der Waals surface area (Å²) in [6.07, 6.45) is 5.16. The summed E-state index contributed by atoms with van der Waals surface area (Å²) in [5, 5.41) is 7.05. The minimum absolute atomic E-state index is 0.0134. The highest BCUT2D eigenvalue weighted by molar-refractivity contribution is 6.02. The highest BCUT2D eigenvalue weighted by Crippen LogP contribution is 2.10. The number of anilines is 1. The van der Waals surface area contributed by atoms with Gasteiger partial charge in [0.1, 0.15) is 0 Å². The molecule has 0 saturated heterocycles. The summed E-state index contributed by atoms with van der Waals surface area (Å²) in [5.74, 6) is -0.0134. The van der Waals surface area contributed by atoms with Crippen molar-refractivity contribution in [1.82, 2.24) is 5.43 Å². The predicted octanol–water partition coefficient (Wildman–Crippen LogP) is 2.01. The van der Waals surface area contributed by atoms with Gasteiger partial charge >= 0.3 is 0 Å². The van der Waals surface area contributed by atoms with Crippen LogP contribution in [0.1, 0.15) is 18.4 Å². The van der Waals surface area contributed by atoms with Crippen molar-refractivity contribution in [3.63, 3.8) is 0 Å². The standard InChI is InChI=1S/C13H15N3O/c1-14-11-5-2-10(3-6-11)4-7-12-8-9-13(17)16-15-12/h2-7,14H,8-9H2,1H3,(H,16,17). The van der Waals surface area contributed by atoms with Gasteiger partial charge in [0.25, 0.3) is 0 Å². The van der Waals surface area contributed by atoms with Crippen molar-refractivity contribution in [3.05, 3.63) is 35.9 Å². The molecule has 1 amide bonds. The van der Waals surface area contributed by atoms with E-state index in [0.29, 0.717) is 12.8 Å². The molecule has 4 heteroatoms. The molecule has 0 fully saturated rings. The number of hydrogen-bond acceptors (Lipinski definition) is 3. The van der Waals surface area contributed by atoms with E-state index in [1.807, 2.05) is 43.5 Å². The first-order valence-electron chi connectivity index (χ1n) is 5.59. The number of rotatable bonds is 3.